The Morgan fingerprint density at radius 2 is 1.60 bits per heavy atom. The molecule has 5 atom stereocenters. The molecule has 47 heavy (non-hydrogen) atoms. The molecule has 10 heteroatoms. The average molecular weight is 642 g/mol. The molecule has 5 aliphatic rings. The lowest BCUT2D eigenvalue weighted by atomic mass is 9.74. The maximum absolute atomic E-state index is 14.3. The molecule has 2 aromatic carbocycles. The predicted molar refractivity (Wildman–Crippen MR) is 179 cm³/mol. The van der Waals surface area contributed by atoms with Crippen LogP contribution in [-0.2, 0) is 19.1 Å². The Morgan fingerprint density at radius 3 is 2.32 bits per heavy atom. The normalized spacial score (nSPS) is 29.2. The van der Waals surface area contributed by atoms with E-state index in [-0.39, 0.29) is 23.8 Å². The molecule has 7 rings (SSSR count). The van der Waals surface area contributed by atoms with Crippen molar-refractivity contribution >= 4 is 23.4 Å². The van der Waals surface area contributed by atoms with Gasteiger partial charge < -0.3 is 34.8 Å². The second kappa shape index (κ2) is 13.8. The molecule has 3 amide bonds. The lowest BCUT2D eigenvalue weighted by Crippen LogP contribution is -2.56. The van der Waals surface area contributed by atoms with Crippen LogP contribution in [0.3, 0.4) is 0 Å². The number of piperazine rings is 1. The summed E-state index contributed by atoms with van der Waals surface area (Å²) in [6.45, 7) is 8.69. The van der Waals surface area contributed by atoms with E-state index in [1.807, 2.05) is 42.5 Å². The highest BCUT2D eigenvalue weighted by Crippen LogP contribution is 2.55. The summed E-state index contributed by atoms with van der Waals surface area (Å²) in [6, 6.07) is 16.0. The minimum absolute atomic E-state index is 0.106. The summed E-state index contributed by atoms with van der Waals surface area (Å²) < 4.78 is 12.4. The number of para-hydroxylation sites is 1. The van der Waals surface area contributed by atoms with Crippen molar-refractivity contribution in [3.63, 3.8) is 0 Å². The summed E-state index contributed by atoms with van der Waals surface area (Å²) in [4.78, 5) is 49.0. The van der Waals surface area contributed by atoms with Gasteiger partial charge in [-0.3, -0.25) is 14.4 Å². The zero-order chi connectivity index (χ0) is 32.4. The van der Waals surface area contributed by atoms with Crippen LogP contribution in [-0.4, -0.2) is 102 Å². The van der Waals surface area contributed by atoms with Gasteiger partial charge in [-0.2, -0.15) is 0 Å². The van der Waals surface area contributed by atoms with Crippen LogP contribution in [0.15, 0.2) is 66.7 Å². The average Bonchev–Trinajstić information content (AvgIpc) is 3.74. The van der Waals surface area contributed by atoms with E-state index in [9.17, 15) is 14.4 Å². The number of hydrogen-bond acceptors (Lipinski definition) is 7. The van der Waals surface area contributed by atoms with E-state index in [2.05, 4.69) is 27.4 Å². The molecule has 3 saturated heterocycles. The third kappa shape index (κ3) is 6.43. The molecule has 4 heterocycles. The molecule has 2 N–H and O–H groups in total. The fourth-order valence-electron chi connectivity index (χ4n) is 8.29. The van der Waals surface area contributed by atoms with Crippen molar-refractivity contribution < 1.29 is 23.9 Å². The number of anilines is 1. The maximum atomic E-state index is 14.3. The Labute approximate surface area is 277 Å². The van der Waals surface area contributed by atoms with Crippen molar-refractivity contribution in [1.29, 1.82) is 0 Å². The van der Waals surface area contributed by atoms with Gasteiger partial charge in [0.1, 0.15) is 23.1 Å². The highest BCUT2D eigenvalue weighted by atomic mass is 16.5. The topological polar surface area (TPSA) is 103 Å². The van der Waals surface area contributed by atoms with Crippen LogP contribution in [0.1, 0.15) is 45.4 Å². The van der Waals surface area contributed by atoms with Crippen molar-refractivity contribution in [2.24, 2.45) is 11.8 Å². The van der Waals surface area contributed by atoms with Crippen LogP contribution >= 0.6 is 0 Å². The maximum Gasteiger partial charge on any atom is 0.246 e. The monoisotopic (exact) mass is 641 g/mol. The van der Waals surface area contributed by atoms with Crippen LogP contribution in [0.4, 0.5) is 5.69 Å². The largest absolute Gasteiger partial charge is 0.457 e. The predicted octanol–water partition coefficient (Wildman–Crippen LogP) is 4.04. The number of carbonyl (C=O) groups is 3. The van der Waals surface area contributed by atoms with E-state index in [0.29, 0.717) is 18.0 Å². The van der Waals surface area contributed by atoms with Crippen LogP contribution in [0.2, 0.25) is 0 Å². The summed E-state index contributed by atoms with van der Waals surface area (Å²) in [5.74, 6) is -0.713. The van der Waals surface area contributed by atoms with Gasteiger partial charge in [0, 0.05) is 44.5 Å². The third-order valence-electron chi connectivity index (χ3n) is 10.8. The number of nitrogens with one attached hydrogen (secondary N) is 2. The minimum Gasteiger partial charge on any atom is -0.457 e. The molecule has 1 saturated carbocycles. The number of amides is 3. The van der Waals surface area contributed by atoms with E-state index in [4.69, 9.17) is 9.47 Å². The van der Waals surface area contributed by atoms with E-state index in [1.54, 1.807) is 29.2 Å². The summed E-state index contributed by atoms with van der Waals surface area (Å²) in [7, 11) is 0. The number of fused-ring (bicyclic) bond motifs is 1. The zero-order valence-electron chi connectivity index (χ0n) is 27.3. The Balaban J connectivity index is 1.06. The second-order valence-corrected chi connectivity index (χ2v) is 13.6. The summed E-state index contributed by atoms with van der Waals surface area (Å²) >= 11 is 0. The van der Waals surface area contributed by atoms with Gasteiger partial charge in [-0.05, 0) is 68.8 Å². The number of hydrogen-bond donors (Lipinski definition) is 2. The van der Waals surface area contributed by atoms with Crippen LogP contribution in [0, 0.1) is 11.8 Å². The zero-order valence-corrected chi connectivity index (χ0v) is 27.3. The highest BCUT2D eigenvalue weighted by Gasteiger charge is 2.72. The molecule has 250 valence electrons. The second-order valence-electron chi connectivity index (χ2n) is 13.6. The summed E-state index contributed by atoms with van der Waals surface area (Å²) in [5, 5.41) is 6.30. The van der Waals surface area contributed by atoms with Gasteiger partial charge in [-0.25, -0.2) is 0 Å². The Hall–Kier alpha value is -3.73. The fraction of sp³-hybridized carbons (Fsp3) is 0.541. The third-order valence-corrected chi connectivity index (χ3v) is 10.8. The van der Waals surface area contributed by atoms with Crippen LogP contribution < -0.4 is 15.4 Å². The SMILES string of the molecule is CCN1CCN(CCCN2C(=O)[C@@H]3C(C(=O)Nc4ccc(Oc5ccccc5)cc4)[C@@H]4C=CC3(O4)C2C(=O)NC2CCCCC2)CC1. The number of likely N-dealkylation sites (N-methyl/N-ethyl adjacent to an activating group) is 1. The van der Waals surface area contributed by atoms with Crippen molar-refractivity contribution in [2.45, 2.75) is 69.2 Å². The van der Waals surface area contributed by atoms with Crippen molar-refractivity contribution in [2.75, 3.05) is 51.1 Å². The van der Waals surface area contributed by atoms with Crippen LogP contribution in [0.25, 0.3) is 0 Å². The summed E-state index contributed by atoms with van der Waals surface area (Å²) in [6.07, 6.45) is 9.25. The quantitative estimate of drug-likeness (QED) is 0.357. The molecule has 1 spiro atoms. The molecule has 0 aromatic heterocycles. The van der Waals surface area contributed by atoms with Gasteiger partial charge in [-0.1, -0.05) is 56.5 Å². The number of carbonyl (C=O) groups excluding carboxylic acids is 3. The first-order valence-corrected chi connectivity index (χ1v) is 17.5. The lowest BCUT2D eigenvalue weighted by molar-refractivity contribution is -0.141. The molecule has 1 aliphatic carbocycles. The van der Waals surface area contributed by atoms with Gasteiger partial charge in [0.15, 0.2) is 0 Å². The van der Waals surface area contributed by atoms with Gasteiger partial charge in [-0.15, -0.1) is 0 Å². The van der Waals surface area contributed by atoms with Gasteiger partial charge in [0.2, 0.25) is 17.7 Å². The Bertz CT molecular complexity index is 1450. The van der Waals surface area contributed by atoms with Gasteiger partial charge in [0.25, 0.3) is 0 Å². The molecular weight excluding hydrogens is 594 g/mol. The Kier molecular flexibility index (Phi) is 9.34. The van der Waals surface area contributed by atoms with E-state index in [1.165, 1.54) is 6.42 Å². The molecule has 10 nitrogen and oxygen atoms in total. The minimum atomic E-state index is -1.15. The smallest absolute Gasteiger partial charge is 0.246 e. The lowest BCUT2D eigenvalue weighted by Gasteiger charge is -2.36. The molecule has 4 fully saturated rings. The first-order chi connectivity index (χ1) is 22.9. The molecular formula is C37H47N5O5. The molecule has 2 aromatic rings. The first kappa shape index (κ1) is 31.8. The molecule has 2 bridgehead atoms. The highest BCUT2D eigenvalue weighted by molar-refractivity contribution is 6.02. The molecule has 4 aliphatic heterocycles. The number of benzene rings is 2. The fourth-order valence-corrected chi connectivity index (χ4v) is 8.29. The standard InChI is InChI=1S/C37H47N5O5/c1-2-40-22-24-41(25-23-40)20-9-21-42-33(35(44)39-26-10-5-3-6-11-26)37-19-18-30(47-37)31(32(37)36(42)45)34(43)38-27-14-16-29(17-15-27)46-28-12-7-4-8-13-28/h4,7-8,12-19,26,30-33H,2-3,5-6,9-11,20-25H2,1H3,(H,38,43)(H,39,44)/t30-,31?,32-,33?,37?/m0/s1. The number of nitrogens with zero attached hydrogens (tertiary/aromatic N) is 3. The first-order valence-electron chi connectivity index (χ1n) is 17.5. The number of likely N-dealkylation sites (tertiary alicyclic amines) is 1. The summed E-state index contributed by atoms with van der Waals surface area (Å²) in [5.41, 5.74) is -0.545. The van der Waals surface area contributed by atoms with Crippen molar-refractivity contribution in [1.82, 2.24) is 20.0 Å². The van der Waals surface area contributed by atoms with Gasteiger partial charge in [0.05, 0.1) is 17.9 Å². The van der Waals surface area contributed by atoms with Gasteiger partial charge >= 0.3 is 0 Å². The van der Waals surface area contributed by atoms with E-state index in [0.717, 1.165) is 77.1 Å². The van der Waals surface area contributed by atoms with Crippen LogP contribution in [0.5, 0.6) is 11.5 Å². The van der Waals surface area contributed by atoms with E-state index < -0.39 is 29.6 Å². The van der Waals surface area contributed by atoms with E-state index >= 15 is 0 Å². The molecule has 0 radical (unpaired) electrons. The number of rotatable bonds is 11. The molecule has 3 unspecified atom stereocenters. The Morgan fingerprint density at radius 1 is 0.894 bits per heavy atom. The number of ether oxygens (including phenoxy) is 2. The van der Waals surface area contributed by atoms with Crippen molar-refractivity contribution in [3.05, 3.63) is 66.7 Å². The van der Waals surface area contributed by atoms with Crippen molar-refractivity contribution in [3.8, 4) is 11.5 Å².